The summed E-state index contributed by atoms with van der Waals surface area (Å²) in [6.45, 7) is 17.0. The predicted molar refractivity (Wildman–Crippen MR) is 178 cm³/mol. The number of benzene rings is 3. The SMILES string of the molecule is C=CC(=O)OCC(O)COc1ccc(C(C)(C)c2ccc(C(C)(C)c3ccc(OCC(O)CC(C)OC(=O)C=C)cc3)cc2)cc1. The second-order valence-corrected chi connectivity index (χ2v) is 12.3. The number of hydrogen-bond donors (Lipinski definition) is 2. The average molecular weight is 631 g/mol. The summed E-state index contributed by atoms with van der Waals surface area (Å²) in [6.07, 6.45) is 0.248. The molecule has 8 nitrogen and oxygen atoms in total. The first-order valence-electron chi connectivity index (χ1n) is 15.3. The fraction of sp³-hybridized carbons (Fsp3) is 0.368. The van der Waals surface area contributed by atoms with Crippen LogP contribution in [0.5, 0.6) is 11.5 Å². The van der Waals surface area contributed by atoms with Crippen LogP contribution >= 0.6 is 0 Å². The first kappa shape index (κ1) is 36.1. The monoisotopic (exact) mass is 630 g/mol. The Labute approximate surface area is 272 Å². The number of aliphatic hydroxyl groups excluding tert-OH is 2. The Morgan fingerprint density at radius 3 is 1.41 bits per heavy atom. The van der Waals surface area contributed by atoms with Gasteiger partial charge in [0, 0.05) is 29.4 Å². The Kier molecular flexibility index (Phi) is 12.7. The molecule has 0 saturated carbocycles. The van der Waals surface area contributed by atoms with Gasteiger partial charge in [0.25, 0.3) is 0 Å². The number of aliphatic hydroxyl groups is 2. The molecule has 0 amide bonds. The molecular formula is C38H46O8. The molecule has 246 valence electrons. The van der Waals surface area contributed by atoms with Crippen LogP contribution in [-0.4, -0.2) is 60.3 Å². The molecule has 8 heteroatoms. The number of rotatable bonds is 17. The normalized spacial score (nSPS) is 13.5. The molecule has 46 heavy (non-hydrogen) atoms. The largest absolute Gasteiger partial charge is 0.491 e. The van der Waals surface area contributed by atoms with Crippen LogP contribution in [0.2, 0.25) is 0 Å². The van der Waals surface area contributed by atoms with E-state index >= 15 is 0 Å². The first-order valence-corrected chi connectivity index (χ1v) is 15.3. The van der Waals surface area contributed by atoms with Crippen molar-refractivity contribution in [2.45, 2.75) is 70.2 Å². The summed E-state index contributed by atoms with van der Waals surface area (Å²) >= 11 is 0. The highest BCUT2D eigenvalue weighted by atomic mass is 16.6. The fourth-order valence-electron chi connectivity index (χ4n) is 4.99. The summed E-state index contributed by atoms with van der Waals surface area (Å²) in [5.74, 6) is 0.151. The van der Waals surface area contributed by atoms with Crippen molar-refractivity contribution < 1.29 is 38.7 Å². The van der Waals surface area contributed by atoms with Gasteiger partial charge in [0.15, 0.2) is 0 Å². The van der Waals surface area contributed by atoms with Gasteiger partial charge in [-0.3, -0.25) is 0 Å². The molecule has 0 fully saturated rings. The van der Waals surface area contributed by atoms with Gasteiger partial charge in [0.1, 0.15) is 43.5 Å². The Balaban J connectivity index is 1.58. The molecule has 3 unspecified atom stereocenters. The average Bonchev–Trinajstić information content (AvgIpc) is 3.05. The van der Waals surface area contributed by atoms with Gasteiger partial charge >= 0.3 is 11.9 Å². The molecule has 0 aliphatic carbocycles. The maximum absolute atomic E-state index is 11.3. The molecule has 3 rings (SSSR count). The summed E-state index contributed by atoms with van der Waals surface area (Å²) < 4.78 is 21.4. The zero-order valence-corrected chi connectivity index (χ0v) is 27.4. The second-order valence-electron chi connectivity index (χ2n) is 12.3. The smallest absolute Gasteiger partial charge is 0.330 e. The number of carbonyl (C=O) groups excluding carboxylic acids is 2. The van der Waals surface area contributed by atoms with E-state index in [1.807, 2.05) is 48.5 Å². The molecule has 0 radical (unpaired) electrons. The maximum Gasteiger partial charge on any atom is 0.330 e. The van der Waals surface area contributed by atoms with Gasteiger partial charge in [-0.15, -0.1) is 0 Å². The predicted octanol–water partition coefficient (Wildman–Crippen LogP) is 6.05. The van der Waals surface area contributed by atoms with E-state index in [2.05, 4.69) is 65.1 Å². The van der Waals surface area contributed by atoms with Gasteiger partial charge in [-0.25, -0.2) is 9.59 Å². The van der Waals surface area contributed by atoms with Gasteiger partial charge in [0.05, 0.1) is 6.10 Å². The standard InChI is InChI=1S/C38H46O8/c1-8-35(41)45-25-32(40)24-44-34-20-16-30(17-21-34)38(6,7)28-12-10-27(11-13-28)37(4,5)29-14-18-33(19-15-29)43-23-31(39)22-26(3)46-36(42)9-2/h8-21,26,31-32,39-40H,1-2,22-25H2,3-7H3. The van der Waals surface area contributed by atoms with Gasteiger partial charge in [-0.2, -0.15) is 0 Å². The third kappa shape index (κ3) is 10.1. The molecule has 0 spiro atoms. The molecule has 0 aliphatic heterocycles. The minimum absolute atomic E-state index is 0.000770. The van der Waals surface area contributed by atoms with E-state index in [0.717, 1.165) is 28.8 Å². The quantitative estimate of drug-likeness (QED) is 0.137. The van der Waals surface area contributed by atoms with Crippen molar-refractivity contribution in [1.29, 1.82) is 0 Å². The second kappa shape index (κ2) is 16.2. The van der Waals surface area contributed by atoms with E-state index in [1.54, 1.807) is 6.92 Å². The summed E-state index contributed by atoms with van der Waals surface area (Å²) in [5.41, 5.74) is 4.03. The zero-order chi connectivity index (χ0) is 33.9. The lowest BCUT2D eigenvalue weighted by Crippen LogP contribution is -2.25. The zero-order valence-electron chi connectivity index (χ0n) is 27.4. The van der Waals surface area contributed by atoms with Crippen molar-refractivity contribution in [2.75, 3.05) is 19.8 Å². The van der Waals surface area contributed by atoms with E-state index in [4.69, 9.17) is 18.9 Å². The molecule has 0 bridgehead atoms. The molecule has 0 aliphatic rings. The van der Waals surface area contributed by atoms with E-state index < -0.39 is 30.3 Å². The molecular weight excluding hydrogens is 584 g/mol. The van der Waals surface area contributed by atoms with Crippen LogP contribution in [0.1, 0.15) is 63.3 Å². The Bertz CT molecular complexity index is 1440. The molecule has 2 N–H and O–H groups in total. The van der Waals surface area contributed by atoms with Crippen LogP contribution in [0.3, 0.4) is 0 Å². The highest BCUT2D eigenvalue weighted by molar-refractivity contribution is 5.81. The van der Waals surface area contributed by atoms with Gasteiger partial charge in [-0.05, 0) is 53.4 Å². The summed E-state index contributed by atoms with van der Waals surface area (Å²) in [5, 5.41) is 20.2. The van der Waals surface area contributed by atoms with Crippen LogP contribution in [0.25, 0.3) is 0 Å². The van der Waals surface area contributed by atoms with Crippen LogP contribution in [-0.2, 0) is 29.9 Å². The van der Waals surface area contributed by atoms with Crippen LogP contribution in [0.4, 0.5) is 0 Å². The Morgan fingerprint density at radius 2 is 1.02 bits per heavy atom. The third-order valence-electron chi connectivity index (χ3n) is 8.04. The number of hydrogen-bond acceptors (Lipinski definition) is 8. The fourth-order valence-corrected chi connectivity index (χ4v) is 4.99. The van der Waals surface area contributed by atoms with Gasteiger partial charge in [0.2, 0.25) is 0 Å². The van der Waals surface area contributed by atoms with Crippen LogP contribution in [0.15, 0.2) is 98.1 Å². The minimum Gasteiger partial charge on any atom is -0.491 e. The molecule has 3 atom stereocenters. The highest BCUT2D eigenvalue weighted by Crippen LogP contribution is 2.36. The van der Waals surface area contributed by atoms with Crippen molar-refractivity contribution in [2.24, 2.45) is 0 Å². The molecule has 0 saturated heterocycles. The van der Waals surface area contributed by atoms with Crippen molar-refractivity contribution in [3.05, 3.63) is 120 Å². The topological polar surface area (TPSA) is 112 Å². The van der Waals surface area contributed by atoms with Crippen LogP contribution in [0, 0.1) is 0 Å². The van der Waals surface area contributed by atoms with Crippen molar-refractivity contribution in [3.63, 3.8) is 0 Å². The van der Waals surface area contributed by atoms with Crippen molar-refractivity contribution >= 4 is 11.9 Å². The molecule has 3 aromatic carbocycles. The van der Waals surface area contributed by atoms with Gasteiger partial charge in [-0.1, -0.05) is 89.4 Å². The lowest BCUT2D eigenvalue weighted by molar-refractivity contribution is -0.143. The summed E-state index contributed by atoms with van der Waals surface area (Å²) in [4.78, 5) is 22.5. The highest BCUT2D eigenvalue weighted by Gasteiger charge is 2.27. The van der Waals surface area contributed by atoms with E-state index in [9.17, 15) is 19.8 Å². The Morgan fingerprint density at radius 1 is 0.652 bits per heavy atom. The Hall–Kier alpha value is -4.40. The lowest BCUT2D eigenvalue weighted by Gasteiger charge is -2.30. The first-order chi connectivity index (χ1) is 21.8. The molecule has 0 aromatic heterocycles. The number of esters is 2. The third-order valence-corrected chi connectivity index (χ3v) is 8.04. The van der Waals surface area contributed by atoms with E-state index in [-0.39, 0.29) is 37.1 Å². The van der Waals surface area contributed by atoms with Gasteiger partial charge < -0.3 is 29.2 Å². The van der Waals surface area contributed by atoms with E-state index in [0.29, 0.717) is 11.5 Å². The number of ether oxygens (including phenoxy) is 4. The molecule has 3 aromatic rings. The molecule has 0 heterocycles. The summed E-state index contributed by atoms with van der Waals surface area (Å²) in [6, 6.07) is 24.3. The van der Waals surface area contributed by atoms with E-state index in [1.165, 1.54) is 5.56 Å². The van der Waals surface area contributed by atoms with Crippen molar-refractivity contribution in [3.8, 4) is 11.5 Å². The van der Waals surface area contributed by atoms with Crippen molar-refractivity contribution in [1.82, 2.24) is 0 Å². The minimum atomic E-state index is -0.939. The van der Waals surface area contributed by atoms with Crippen LogP contribution < -0.4 is 9.47 Å². The lowest BCUT2D eigenvalue weighted by atomic mass is 9.74. The maximum atomic E-state index is 11.3. The summed E-state index contributed by atoms with van der Waals surface area (Å²) in [7, 11) is 0. The number of carbonyl (C=O) groups is 2.